The van der Waals surface area contributed by atoms with Crippen LogP contribution in [0, 0.1) is 0 Å². The summed E-state index contributed by atoms with van der Waals surface area (Å²) in [5, 5.41) is 0. The number of hydrogen-bond donors (Lipinski definition) is 0. The molecule has 0 heterocycles. The van der Waals surface area contributed by atoms with Gasteiger partial charge in [-0.25, -0.2) is 9.35 Å². The Morgan fingerprint density at radius 1 is 0.667 bits per heavy atom. The molecule has 0 aliphatic rings. The molecule has 0 radical (unpaired) electrons. The van der Waals surface area contributed by atoms with E-state index in [4.69, 9.17) is 0 Å². The van der Waals surface area contributed by atoms with E-state index >= 15 is 0 Å². The Bertz CT molecular complexity index is 170. The summed E-state index contributed by atoms with van der Waals surface area (Å²) < 4.78 is 24.1. The maximum atomic E-state index is 9.40. The van der Waals surface area contributed by atoms with Crippen LogP contribution in [0.2, 0.25) is 0 Å². The zero-order chi connectivity index (χ0) is 8.41. The van der Waals surface area contributed by atoms with Gasteiger partial charge in [0.2, 0.25) is 0 Å². The summed E-state index contributed by atoms with van der Waals surface area (Å²) in [6.45, 7) is 0. The minimum Gasteiger partial charge on any atom is -0.788 e. The molecule has 0 amide bonds. The second-order valence-electron chi connectivity index (χ2n) is 1.04. The second kappa shape index (κ2) is 16.2. The molecule has 15 heteroatoms. The fourth-order valence-electron chi connectivity index (χ4n) is 0.0816. The van der Waals surface area contributed by atoms with Crippen LogP contribution in [0.5, 0.6) is 0 Å². The average Bonchev–Trinajstić information content (AvgIpc) is 1.57. The Morgan fingerprint density at radius 3 is 0.867 bits per heavy atom. The van der Waals surface area contributed by atoms with Crippen molar-refractivity contribution < 1.29 is 162 Å². The first-order valence-corrected chi connectivity index (χ1v) is 4.55. The van der Waals surface area contributed by atoms with E-state index in [0.717, 1.165) is 0 Å². The number of rotatable bonds is 3. The summed E-state index contributed by atoms with van der Waals surface area (Å²) in [6.07, 6.45) is 0. The molecule has 0 saturated heterocycles. The number of phosphoric acid groups is 2. The van der Waals surface area contributed by atoms with Crippen LogP contribution in [-0.4, -0.2) is 5.48 Å². The van der Waals surface area contributed by atoms with Gasteiger partial charge in [-0.1, -0.05) is 0 Å². The zero-order valence-corrected chi connectivity index (χ0v) is 18.4. The van der Waals surface area contributed by atoms with Gasteiger partial charge < -0.3 is 34.2 Å². The van der Waals surface area contributed by atoms with Crippen molar-refractivity contribution >= 4 is 15.6 Å². The quantitative estimate of drug-likeness (QED) is 0.213. The maximum absolute atomic E-state index is 9.40. The molecule has 2 N–H and O–H groups in total. The van der Waals surface area contributed by atoms with Gasteiger partial charge in [-0.2, -0.15) is 0 Å². The van der Waals surface area contributed by atoms with E-state index in [1.165, 1.54) is 0 Å². The van der Waals surface area contributed by atoms with E-state index in [-0.39, 0.29) is 124 Å². The van der Waals surface area contributed by atoms with Crippen molar-refractivity contribution in [2.75, 3.05) is 0 Å². The monoisotopic (exact) mass is 300 g/mol. The van der Waals surface area contributed by atoms with Crippen LogP contribution >= 0.6 is 15.6 Å². The molecular weight excluding hydrogens is 298 g/mol. The third-order valence-corrected chi connectivity index (χ3v) is 0.848. The predicted molar refractivity (Wildman–Crippen MR) is 21.0 cm³/mol. The third-order valence-electron chi connectivity index (χ3n) is 0.216. The maximum Gasteiger partial charge on any atom is 1.00 e. The van der Waals surface area contributed by atoms with Crippen molar-refractivity contribution in [3.8, 4) is 0 Å². The smallest absolute Gasteiger partial charge is 0.788 e. The summed E-state index contributed by atoms with van der Waals surface area (Å²) in [5.74, 6) is 0. The van der Waals surface area contributed by atoms with Crippen molar-refractivity contribution in [1.29, 1.82) is 0 Å². The molecule has 15 heavy (non-hydrogen) atoms. The summed E-state index contributed by atoms with van der Waals surface area (Å²) in [7, 11) is -11.1. The van der Waals surface area contributed by atoms with Crippen molar-refractivity contribution in [3.05, 3.63) is 0 Å². The predicted octanol–water partition coefficient (Wildman–Crippen LogP) is -16.2. The van der Waals surface area contributed by atoms with Crippen LogP contribution in [-0.2, 0) is 18.5 Å². The molecule has 0 aromatic carbocycles. The topological polar surface area (TPSA) is 176 Å². The Kier molecular flexibility index (Phi) is 39.5. The molecule has 70 valence electrons. The molecule has 9 nitrogen and oxygen atoms in total. The summed E-state index contributed by atoms with van der Waals surface area (Å²) in [4.78, 5) is 37.6. The van der Waals surface area contributed by atoms with Gasteiger partial charge in [-0.15, -0.1) is 0 Å². The molecule has 0 saturated carbocycles. The molecular formula is H2Na4O9P2. The summed E-state index contributed by atoms with van der Waals surface area (Å²) in [5.41, 5.74) is 0. The van der Waals surface area contributed by atoms with Gasteiger partial charge in [-0.3, -0.25) is 0 Å². The van der Waals surface area contributed by atoms with Gasteiger partial charge in [0.1, 0.15) is 15.6 Å². The minimum atomic E-state index is -5.56. The molecule has 0 aliphatic heterocycles. The molecule has 0 rings (SSSR count). The Morgan fingerprint density at radius 2 is 0.800 bits per heavy atom. The number of hydrogen-bond acceptors (Lipinski definition) is 8. The third kappa shape index (κ3) is 38.1. The Labute approximate surface area is 174 Å². The first kappa shape index (κ1) is 36.5. The molecule has 0 atom stereocenters. The van der Waals surface area contributed by atoms with Crippen molar-refractivity contribution in [3.63, 3.8) is 0 Å². The first-order chi connectivity index (χ1) is 4.21. The fraction of sp³-hybridized carbons (Fsp3) is 0. The largest absolute Gasteiger partial charge is 1.00 e. The van der Waals surface area contributed by atoms with Crippen LogP contribution in [0.15, 0.2) is 0 Å². The fourth-order valence-corrected chi connectivity index (χ4v) is 0.735. The zero-order valence-electron chi connectivity index (χ0n) is 8.66. The van der Waals surface area contributed by atoms with Crippen LogP contribution in [0.1, 0.15) is 0 Å². The molecule has 0 spiro atoms. The van der Waals surface area contributed by atoms with Crippen LogP contribution < -0.4 is 138 Å². The molecule has 0 aromatic heterocycles. The Balaban J connectivity index is -0.0000000405. The van der Waals surface area contributed by atoms with Crippen molar-refractivity contribution in [2.24, 2.45) is 0 Å². The van der Waals surface area contributed by atoms with Gasteiger partial charge in [0, 0.05) is 0 Å². The molecule has 0 aromatic rings. The van der Waals surface area contributed by atoms with Crippen LogP contribution in [0.4, 0.5) is 0 Å². The van der Waals surface area contributed by atoms with Gasteiger partial charge in [0.25, 0.3) is 0 Å². The standard InChI is InChI=1S/4Na.H4O8P2.H2O/c;;;;1-9(2,3)7-8-10(4,5)6;/h;;;;(H2,1,2,3)(H2,4,5,6);1H2/q4*+1;;/p-4. The van der Waals surface area contributed by atoms with Gasteiger partial charge >= 0.3 is 118 Å². The molecule has 0 aliphatic carbocycles. The summed E-state index contributed by atoms with van der Waals surface area (Å²) in [6, 6.07) is 0. The van der Waals surface area contributed by atoms with E-state index in [9.17, 15) is 28.7 Å². The van der Waals surface area contributed by atoms with E-state index < -0.39 is 15.6 Å². The first-order valence-electron chi connectivity index (χ1n) is 1.63. The van der Waals surface area contributed by atoms with E-state index in [2.05, 4.69) is 9.35 Å². The van der Waals surface area contributed by atoms with Crippen molar-refractivity contribution in [1.82, 2.24) is 0 Å². The molecule has 0 unspecified atom stereocenters. The van der Waals surface area contributed by atoms with E-state index in [0.29, 0.717) is 0 Å². The van der Waals surface area contributed by atoms with E-state index in [1.807, 2.05) is 0 Å². The van der Waals surface area contributed by atoms with Gasteiger partial charge in [0.15, 0.2) is 0 Å². The van der Waals surface area contributed by atoms with Crippen molar-refractivity contribution in [2.45, 2.75) is 0 Å². The van der Waals surface area contributed by atoms with Crippen LogP contribution in [0.3, 0.4) is 0 Å². The van der Waals surface area contributed by atoms with E-state index in [1.54, 1.807) is 0 Å². The molecule has 0 fully saturated rings. The molecule has 0 bridgehead atoms. The van der Waals surface area contributed by atoms with Gasteiger partial charge in [0.05, 0.1) is 0 Å². The second-order valence-corrected chi connectivity index (χ2v) is 3.13. The summed E-state index contributed by atoms with van der Waals surface area (Å²) >= 11 is 0. The normalized spacial score (nSPS) is 9.07. The Hall–Kier alpha value is 4.18. The minimum absolute atomic E-state index is 0. The average molecular weight is 300 g/mol. The SMILES string of the molecule is O.O=P([O-])([O-])OOP(=O)([O-])[O-].[Na+].[Na+].[Na+].[Na+]. The van der Waals surface area contributed by atoms with Crippen LogP contribution in [0.25, 0.3) is 0 Å². The van der Waals surface area contributed by atoms with Gasteiger partial charge in [-0.05, 0) is 0 Å².